The van der Waals surface area contributed by atoms with Crippen molar-refractivity contribution in [3.8, 4) is 34.1 Å². The van der Waals surface area contributed by atoms with Gasteiger partial charge in [-0.2, -0.15) is 0 Å². The molecule has 0 aliphatic carbocycles. The number of piperidine rings is 1. The van der Waals surface area contributed by atoms with Crippen molar-refractivity contribution in [3.05, 3.63) is 102 Å². The van der Waals surface area contributed by atoms with E-state index in [0.29, 0.717) is 65.6 Å². The lowest BCUT2D eigenvalue weighted by Crippen LogP contribution is -2.42. The predicted octanol–water partition coefficient (Wildman–Crippen LogP) is 7.13. The maximum atomic E-state index is 13.3. The number of ether oxygens (including phenoxy) is 4. The van der Waals surface area contributed by atoms with Crippen LogP contribution < -0.4 is 24.3 Å². The molecule has 11 heteroatoms. The fraction of sp³-hybridized carbons (Fsp3) is 0.257. The monoisotopic (exact) mass is 634 g/mol. The molecular weight excluding hydrogens is 601 g/mol. The molecule has 0 radical (unpaired) electrons. The van der Waals surface area contributed by atoms with Crippen molar-refractivity contribution in [1.29, 1.82) is 0 Å². The van der Waals surface area contributed by atoms with E-state index in [1.54, 1.807) is 62.8 Å². The van der Waals surface area contributed by atoms with Gasteiger partial charge in [0.15, 0.2) is 11.5 Å². The van der Waals surface area contributed by atoms with Crippen LogP contribution in [0.4, 0.5) is 18.9 Å². The Morgan fingerprint density at radius 1 is 0.826 bits per heavy atom. The zero-order chi connectivity index (χ0) is 32.7. The van der Waals surface area contributed by atoms with Crippen LogP contribution >= 0.6 is 0 Å². The summed E-state index contributed by atoms with van der Waals surface area (Å²) in [4.78, 5) is 28.1. The average Bonchev–Trinajstić information content (AvgIpc) is 3.05. The summed E-state index contributed by atoms with van der Waals surface area (Å²) >= 11 is 0. The molecule has 1 saturated heterocycles. The highest BCUT2D eigenvalue weighted by molar-refractivity contribution is 6.08. The Bertz CT molecular complexity index is 1670. The van der Waals surface area contributed by atoms with Gasteiger partial charge in [0.25, 0.3) is 5.91 Å². The average molecular weight is 635 g/mol. The fourth-order valence-electron chi connectivity index (χ4n) is 5.31. The van der Waals surface area contributed by atoms with Gasteiger partial charge in [-0.15, -0.1) is 13.2 Å². The minimum absolute atomic E-state index is 0.0289. The van der Waals surface area contributed by atoms with Crippen molar-refractivity contribution < 1.29 is 41.7 Å². The van der Waals surface area contributed by atoms with Crippen LogP contribution in [0.15, 0.2) is 91.0 Å². The van der Waals surface area contributed by atoms with E-state index >= 15 is 0 Å². The second-order valence-corrected chi connectivity index (χ2v) is 10.7. The molecule has 0 bridgehead atoms. The normalized spacial score (nSPS) is 13.5. The first-order chi connectivity index (χ1) is 22.1. The van der Waals surface area contributed by atoms with Crippen molar-refractivity contribution in [3.63, 3.8) is 0 Å². The SMILES string of the molecule is COc1ccc(CC(=O)N2CCC(Oc3cccc(NC(=O)c4ccccc4-c4ccc(OC(F)(F)F)cc4)c3)CC2)cc1OC. The number of hydrogen-bond acceptors (Lipinski definition) is 6. The second-order valence-electron chi connectivity index (χ2n) is 10.7. The molecule has 1 heterocycles. The van der Waals surface area contributed by atoms with Gasteiger partial charge in [0.1, 0.15) is 17.6 Å². The summed E-state index contributed by atoms with van der Waals surface area (Å²) in [6, 6.07) is 24.7. The van der Waals surface area contributed by atoms with Crippen molar-refractivity contribution in [1.82, 2.24) is 4.90 Å². The van der Waals surface area contributed by atoms with Gasteiger partial charge in [-0.05, 0) is 59.2 Å². The molecule has 0 unspecified atom stereocenters. The van der Waals surface area contributed by atoms with E-state index in [1.807, 2.05) is 23.1 Å². The highest BCUT2D eigenvalue weighted by atomic mass is 19.4. The van der Waals surface area contributed by atoms with Crippen LogP contribution in [0, 0.1) is 0 Å². The molecule has 1 aliphatic rings. The molecule has 8 nitrogen and oxygen atoms in total. The smallest absolute Gasteiger partial charge is 0.493 e. The van der Waals surface area contributed by atoms with Gasteiger partial charge < -0.3 is 29.2 Å². The number of amides is 2. The third-order valence-electron chi connectivity index (χ3n) is 7.56. The van der Waals surface area contributed by atoms with E-state index in [0.717, 1.165) is 5.56 Å². The summed E-state index contributed by atoms with van der Waals surface area (Å²) in [6.45, 7) is 1.13. The van der Waals surface area contributed by atoms with Crippen LogP contribution in [-0.2, 0) is 11.2 Å². The third kappa shape index (κ3) is 8.29. The summed E-state index contributed by atoms with van der Waals surface area (Å²) in [7, 11) is 3.12. The molecule has 2 amide bonds. The molecule has 46 heavy (non-hydrogen) atoms. The third-order valence-corrected chi connectivity index (χ3v) is 7.56. The minimum atomic E-state index is -4.79. The van der Waals surface area contributed by atoms with Crippen LogP contribution in [0.1, 0.15) is 28.8 Å². The number of alkyl halides is 3. The van der Waals surface area contributed by atoms with Crippen molar-refractivity contribution in [2.45, 2.75) is 31.7 Å². The standard InChI is InChI=1S/C35H33F3N2O6/c1-43-31-15-10-23(20-32(31)44-2)21-33(41)40-18-16-26(17-19-40)45-28-7-5-6-25(22-28)39-34(42)30-9-4-3-8-29(30)24-11-13-27(14-12-24)46-35(36,37)38/h3-15,20,22,26H,16-19,21H2,1-2H3,(H,39,42). The Morgan fingerprint density at radius 3 is 2.24 bits per heavy atom. The molecule has 1 aliphatic heterocycles. The minimum Gasteiger partial charge on any atom is -0.493 e. The van der Waals surface area contributed by atoms with Crippen LogP contribution in [0.2, 0.25) is 0 Å². The van der Waals surface area contributed by atoms with E-state index < -0.39 is 6.36 Å². The number of hydrogen-bond donors (Lipinski definition) is 1. The molecule has 1 N–H and O–H groups in total. The summed E-state index contributed by atoms with van der Waals surface area (Å²) in [6.07, 6.45) is -3.31. The largest absolute Gasteiger partial charge is 0.573 e. The molecule has 5 rings (SSSR count). The number of nitrogens with zero attached hydrogens (tertiary/aromatic N) is 1. The van der Waals surface area contributed by atoms with Crippen molar-refractivity contribution in [2.75, 3.05) is 32.6 Å². The Kier molecular flexibility index (Phi) is 10.00. The van der Waals surface area contributed by atoms with Crippen molar-refractivity contribution in [2.24, 2.45) is 0 Å². The van der Waals surface area contributed by atoms with Gasteiger partial charge in [-0.1, -0.05) is 42.5 Å². The second kappa shape index (κ2) is 14.3. The molecule has 0 aromatic heterocycles. The summed E-state index contributed by atoms with van der Waals surface area (Å²) in [5.41, 5.74) is 2.83. The summed E-state index contributed by atoms with van der Waals surface area (Å²) in [5.74, 6) is 1.07. The van der Waals surface area contributed by atoms with Gasteiger partial charge in [-0.25, -0.2) is 0 Å². The highest BCUT2D eigenvalue weighted by Gasteiger charge is 2.31. The zero-order valence-electron chi connectivity index (χ0n) is 25.3. The predicted molar refractivity (Wildman–Crippen MR) is 166 cm³/mol. The highest BCUT2D eigenvalue weighted by Crippen LogP contribution is 2.31. The van der Waals surface area contributed by atoms with Crippen LogP contribution in [-0.4, -0.2) is 56.5 Å². The van der Waals surface area contributed by atoms with E-state index in [-0.39, 0.29) is 30.1 Å². The van der Waals surface area contributed by atoms with Crippen molar-refractivity contribution >= 4 is 17.5 Å². The first kappa shape index (κ1) is 32.2. The van der Waals surface area contributed by atoms with Gasteiger partial charge >= 0.3 is 6.36 Å². The lowest BCUT2D eigenvalue weighted by molar-refractivity contribution is -0.274. The van der Waals surface area contributed by atoms with Gasteiger partial charge in [0.05, 0.1) is 20.6 Å². The number of likely N-dealkylation sites (tertiary alicyclic amines) is 1. The quantitative estimate of drug-likeness (QED) is 0.200. The summed E-state index contributed by atoms with van der Waals surface area (Å²) < 4.78 is 58.4. The van der Waals surface area contributed by atoms with Crippen LogP contribution in [0.3, 0.4) is 0 Å². The number of carbonyl (C=O) groups excluding carboxylic acids is 2. The number of nitrogens with one attached hydrogen (secondary N) is 1. The lowest BCUT2D eigenvalue weighted by atomic mass is 9.99. The number of methoxy groups -OCH3 is 2. The number of carbonyl (C=O) groups is 2. The van der Waals surface area contributed by atoms with Gasteiger partial charge in [0.2, 0.25) is 5.91 Å². The molecular formula is C35H33F3N2O6. The van der Waals surface area contributed by atoms with Crippen LogP contribution in [0.5, 0.6) is 23.0 Å². The van der Waals surface area contributed by atoms with E-state index in [4.69, 9.17) is 14.2 Å². The molecule has 1 fully saturated rings. The topological polar surface area (TPSA) is 86.3 Å². The van der Waals surface area contributed by atoms with Gasteiger partial charge in [-0.3, -0.25) is 9.59 Å². The molecule has 240 valence electrons. The van der Waals surface area contributed by atoms with Gasteiger partial charge in [0, 0.05) is 43.2 Å². The number of anilines is 1. The Labute approximate surface area is 264 Å². The van der Waals surface area contributed by atoms with E-state index in [9.17, 15) is 22.8 Å². The number of rotatable bonds is 10. The first-order valence-electron chi connectivity index (χ1n) is 14.6. The lowest BCUT2D eigenvalue weighted by Gasteiger charge is -2.32. The Balaban J connectivity index is 1.16. The maximum Gasteiger partial charge on any atom is 0.573 e. The molecule has 4 aromatic carbocycles. The number of benzene rings is 4. The van der Waals surface area contributed by atoms with Crippen LogP contribution in [0.25, 0.3) is 11.1 Å². The maximum absolute atomic E-state index is 13.3. The molecule has 0 saturated carbocycles. The molecule has 4 aromatic rings. The fourth-order valence-corrected chi connectivity index (χ4v) is 5.31. The molecule has 0 atom stereocenters. The van der Waals surface area contributed by atoms with E-state index in [2.05, 4.69) is 10.1 Å². The molecule has 0 spiro atoms. The Hall–Kier alpha value is -5.19. The number of halogens is 3. The Morgan fingerprint density at radius 2 is 1.54 bits per heavy atom. The zero-order valence-corrected chi connectivity index (χ0v) is 25.3. The summed E-state index contributed by atoms with van der Waals surface area (Å²) in [5, 5.41) is 2.89. The van der Waals surface area contributed by atoms with E-state index in [1.165, 1.54) is 24.3 Å². The first-order valence-corrected chi connectivity index (χ1v) is 14.6.